The molecule has 23 heavy (non-hydrogen) atoms. The van der Waals surface area contributed by atoms with Gasteiger partial charge in [-0.3, -0.25) is 9.69 Å². The highest BCUT2D eigenvalue weighted by Gasteiger charge is 2.39. The van der Waals surface area contributed by atoms with Crippen LogP contribution in [0.4, 0.5) is 10.5 Å². The lowest BCUT2D eigenvalue weighted by Crippen LogP contribution is -2.54. The predicted octanol–water partition coefficient (Wildman–Crippen LogP) is 2.46. The summed E-state index contributed by atoms with van der Waals surface area (Å²) in [6, 6.07) is 7.54. The van der Waals surface area contributed by atoms with Crippen LogP contribution in [0.25, 0.3) is 0 Å². The quantitative estimate of drug-likeness (QED) is 0.859. The average molecular weight is 333 g/mol. The molecule has 0 spiro atoms. The second-order valence-electron chi connectivity index (χ2n) is 7.04. The smallest absolute Gasteiger partial charge is 0.325 e. The molecule has 124 valence electrons. The third-order valence-electron chi connectivity index (χ3n) is 4.05. The summed E-state index contributed by atoms with van der Waals surface area (Å²) in [5, 5.41) is 2.99. The maximum atomic E-state index is 12.9. The molecule has 2 aliphatic heterocycles. The molecule has 1 atom stereocenters. The van der Waals surface area contributed by atoms with Gasteiger partial charge in [-0.2, -0.15) is 0 Å². The van der Waals surface area contributed by atoms with Crippen molar-refractivity contribution in [1.29, 1.82) is 0 Å². The molecular formula is C17H23N3O2S. The van der Waals surface area contributed by atoms with Gasteiger partial charge in [-0.1, -0.05) is 18.2 Å². The van der Waals surface area contributed by atoms with E-state index in [1.807, 2.05) is 39.0 Å². The van der Waals surface area contributed by atoms with Crippen molar-refractivity contribution in [3.8, 4) is 0 Å². The van der Waals surface area contributed by atoms with Crippen LogP contribution in [-0.4, -0.2) is 46.6 Å². The van der Waals surface area contributed by atoms with E-state index in [0.29, 0.717) is 18.2 Å². The topological polar surface area (TPSA) is 52.7 Å². The molecule has 3 amide bonds. The summed E-state index contributed by atoms with van der Waals surface area (Å²) < 4.78 is 0. The number of nitrogens with one attached hydrogen (secondary N) is 1. The summed E-state index contributed by atoms with van der Waals surface area (Å²) in [5.41, 5.74) is 1.88. The Balaban J connectivity index is 1.76. The number of para-hydroxylation sites is 1. The standard InChI is InChI=1S/C17H23N3O2S/c1-17(2,3)18-15(21)14-10-23-11-20(14)16(22)19-9-8-12-6-4-5-7-13(12)19/h4-7,14H,8-11H2,1-3H3,(H,18,21). The SMILES string of the molecule is CC(C)(C)NC(=O)C1CSCN1C(=O)N1CCc2ccccc21. The van der Waals surface area contributed by atoms with Gasteiger partial charge in [0, 0.05) is 23.5 Å². The van der Waals surface area contributed by atoms with Crippen LogP contribution in [0.15, 0.2) is 24.3 Å². The van der Waals surface area contributed by atoms with Gasteiger partial charge in [0.25, 0.3) is 0 Å². The normalized spacial score (nSPS) is 20.6. The summed E-state index contributed by atoms with van der Waals surface area (Å²) in [6.45, 7) is 6.55. The monoisotopic (exact) mass is 333 g/mol. The molecule has 1 aromatic carbocycles. The van der Waals surface area contributed by atoms with Crippen LogP contribution in [0, 0.1) is 0 Å². The van der Waals surface area contributed by atoms with E-state index < -0.39 is 0 Å². The Morgan fingerprint density at radius 3 is 2.74 bits per heavy atom. The number of anilines is 1. The van der Waals surface area contributed by atoms with Crippen molar-refractivity contribution in [3.05, 3.63) is 29.8 Å². The predicted molar refractivity (Wildman–Crippen MR) is 93.7 cm³/mol. The summed E-state index contributed by atoms with van der Waals surface area (Å²) in [7, 11) is 0. The van der Waals surface area contributed by atoms with Crippen LogP contribution in [0.2, 0.25) is 0 Å². The fraction of sp³-hybridized carbons (Fsp3) is 0.529. The van der Waals surface area contributed by atoms with Gasteiger partial charge in [-0.25, -0.2) is 4.79 Å². The largest absolute Gasteiger partial charge is 0.350 e. The number of rotatable bonds is 1. The number of carbonyl (C=O) groups excluding carboxylic acids is 2. The number of nitrogens with zero attached hydrogens (tertiary/aromatic N) is 2. The number of urea groups is 1. The van der Waals surface area contributed by atoms with Crippen molar-refractivity contribution < 1.29 is 9.59 Å². The minimum Gasteiger partial charge on any atom is -0.350 e. The molecule has 2 aliphatic rings. The first kappa shape index (κ1) is 16.2. The molecular weight excluding hydrogens is 310 g/mol. The Morgan fingerprint density at radius 2 is 2.00 bits per heavy atom. The maximum Gasteiger partial charge on any atom is 0.325 e. The molecule has 1 aromatic rings. The number of amides is 3. The number of thioether (sulfide) groups is 1. The van der Waals surface area contributed by atoms with E-state index in [1.54, 1.807) is 21.6 Å². The highest BCUT2D eigenvalue weighted by atomic mass is 32.2. The van der Waals surface area contributed by atoms with Crippen molar-refractivity contribution in [2.24, 2.45) is 0 Å². The van der Waals surface area contributed by atoms with Crippen LogP contribution >= 0.6 is 11.8 Å². The third-order valence-corrected chi connectivity index (χ3v) is 5.06. The maximum absolute atomic E-state index is 12.9. The Bertz CT molecular complexity index is 627. The number of hydrogen-bond acceptors (Lipinski definition) is 3. The highest BCUT2D eigenvalue weighted by Crippen LogP contribution is 2.31. The number of benzene rings is 1. The minimum atomic E-state index is -0.389. The molecule has 6 heteroatoms. The molecule has 5 nitrogen and oxygen atoms in total. The van der Waals surface area contributed by atoms with E-state index >= 15 is 0 Å². The zero-order valence-electron chi connectivity index (χ0n) is 13.8. The highest BCUT2D eigenvalue weighted by molar-refractivity contribution is 7.99. The van der Waals surface area contributed by atoms with Gasteiger partial charge in [-0.05, 0) is 38.8 Å². The first-order valence-corrected chi connectivity index (χ1v) is 9.08. The molecule has 2 heterocycles. The summed E-state index contributed by atoms with van der Waals surface area (Å²) >= 11 is 1.63. The van der Waals surface area contributed by atoms with Crippen LogP contribution in [0.5, 0.6) is 0 Å². The molecule has 0 bridgehead atoms. The van der Waals surface area contributed by atoms with E-state index in [-0.39, 0.29) is 23.5 Å². The molecule has 1 saturated heterocycles. The van der Waals surface area contributed by atoms with Crippen molar-refractivity contribution in [2.75, 3.05) is 23.1 Å². The molecule has 1 unspecified atom stereocenters. The third kappa shape index (κ3) is 3.32. The fourth-order valence-electron chi connectivity index (χ4n) is 2.99. The van der Waals surface area contributed by atoms with Gasteiger partial charge in [0.1, 0.15) is 6.04 Å². The van der Waals surface area contributed by atoms with Gasteiger partial charge < -0.3 is 10.2 Å². The Labute approximate surface area is 141 Å². The molecule has 0 aliphatic carbocycles. The van der Waals surface area contributed by atoms with Crippen LogP contribution in [0.3, 0.4) is 0 Å². The van der Waals surface area contributed by atoms with Crippen molar-refractivity contribution in [2.45, 2.75) is 38.8 Å². The van der Waals surface area contributed by atoms with Gasteiger partial charge in [0.15, 0.2) is 0 Å². The van der Waals surface area contributed by atoms with E-state index in [2.05, 4.69) is 11.4 Å². The molecule has 3 rings (SSSR count). The molecule has 1 fully saturated rings. The van der Waals surface area contributed by atoms with Crippen molar-refractivity contribution in [3.63, 3.8) is 0 Å². The summed E-state index contributed by atoms with van der Waals surface area (Å²) in [6.07, 6.45) is 0.877. The molecule has 1 N–H and O–H groups in total. The van der Waals surface area contributed by atoms with Crippen LogP contribution in [0.1, 0.15) is 26.3 Å². The average Bonchev–Trinajstić information content (AvgIpc) is 3.12. The van der Waals surface area contributed by atoms with E-state index in [0.717, 1.165) is 12.1 Å². The summed E-state index contributed by atoms with van der Waals surface area (Å²) in [4.78, 5) is 29.0. The molecule has 0 aromatic heterocycles. The van der Waals surface area contributed by atoms with Crippen molar-refractivity contribution >= 4 is 29.4 Å². The second-order valence-corrected chi connectivity index (χ2v) is 8.04. The molecule has 0 saturated carbocycles. The Hall–Kier alpha value is -1.69. The van der Waals surface area contributed by atoms with Gasteiger partial charge in [-0.15, -0.1) is 11.8 Å². The first-order chi connectivity index (χ1) is 10.9. The number of carbonyl (C=O) groups is 2. The van der Waals surface area contributed by atoms with Gasteiger partial charge in [0.05, 0.1) is 5.88 Å². The van der Waals surface area contributed by atoms with E-state index in [9.17, 15) is 9.59 Å². The van der Waals surface area contributed by atoms with E-state index in [1.165, 1.54) is 5.56 Å². The van der Waals surface area contributed by atoms with Crippen molar-refractivity contribution in [1.82, 2.24) is 10.2 Å². The summed E-state index contributed by atoms with van der Waals surface area (Å²) in [5.74, 6) is 1.16. The fourth-order valence-corrected chi connectivity index (χ4v) is 4.14. The number of fused-ring (bicyclic) bond motifs is 1. The molecule has 0 radical (unpaired) electrons. The minimum absolute atomic E-state index is 0.0611. The second kappa shape index (κ2) is 6.07. The van der Waals surface area contributed by atoms with Crippen LogP contribution < -0.4 is 10.2 Å². The Kier molecular flexibility index (Phi) is 4.27. The lowest BCUT2D eigenvalue weighted by atomic mass is 10.1. The lowest BCUT2D eigenvalue weighted by Gasteiger charge is -2.30. The first-order valence-electron chi connectivity index (χ1n) is 7.92. The van der Waals surface area contributed by atoms with E-state index in [4.69, 9.17) is 0 Å². The van der Waals surface area contributed by atoms with Gasteiger partial charge >= 0.3 is 6.03 Å². The van der Waals surface area contributed by atoms with Gasteiger partial charge in [0.2, 0.25) is 5.91 Å². The zero-order valence-corrected chi connectivity index (χ0v) is 14.7. The zero-order chi connectivity index (χ0) is 16.6. The lowest BCUT2D eigenvalue weighted by molar-refractivity contribution is -0.125. The number of hydrogen-bond donors (Lipinski definition) is 1. The Morgan fingerprint density at radius 1 is 1.26 bits per heavy atom. The van der Waals surface area contributed by atoms with Crippen LogP contribution in [-0.2, 0) is 11.2 Å².